The topological polar surface area (TPSA) is 41.6 Å². The summed E-state index contributed by atoms with van der Waals surface area (Å²) in [6.45, 7) is 8.26. The fourth-order valence-corrected chi connectivity index (χ4v) is 0.646. The van der Waals surface area contributed by atoms with Crippen molar-refractivity contribution in [1.29, 1.82) is 0 Å². The first-order valence-electron chi connectivity index (χ1n) is 4.19. The van der Waals surface area contributed by atoms with E-state index in [1.54, 1.807) is 6.33 Å². The first-order valence-corrected chi connectivity index (χ1v) is 4.19. The van der Waals surface area contributed by atoms with Gasteiger partial charge in [-0.25, -0.2) is 4.98 Å². The molecule has 0 saturated heterocycles. The van der Waals surface area contributed by atoms with Gasteiger partial charge in [-0.3, -0.25) is 5.10 Å². The molecule has 1 heterocycles. The molecule has 1 rings (SSSR count). The van der Waals surface area contributed by atoms with E-state index in [-0.39, 0.29) is 0 Å². The molecular formula is C8H17N3. The van der Waals surface area contributed by atoms with Gasteiger partial charge in [-0.15, -0.1) is 0 Å². The number of aromatic amines is 1. The van der Waals surface area contributed by atoms with E-state index in [2.05, 4.69) is 29.0 Å². The maximum atomic E-state index is 4.02. The summed E-state index contributed by atoms with van der Waals surface area (Å²) in [7, 11) is 0. The number of hydrogen-bond acceptors (Lipinski definition) is 2. The molecule has 0 aromatic carbocycles. The van der Waals surface area contributed by atoms with Crippen molar-refractivity contribution in [2.45, 2.75) is 40.0 Å². The molecule has 1 unspecified atom stereocenters. The second-order valence-electron chi connectivity index (χ2n) is 2.18. The van der Waals surface area contributed by atoms with E-state index in [9.17, 15) is 0 Å². The Labute approximate surface area is 68.2 Å². The zero-order valence-electron chi connectivity index (χ0n) is 7.76. The molecule has 0 fully saturated rings. The molecule has 3 nitrogen and oxygen atoms in total. The molecule has 1 aromatic heterocycles. The Morgan fingerprint density at radius 3 is 2.55 bits per heavy atom. The summed E-state index contributed by atoms with van der Waals surface area (Å²) >= 11 is 0. The Balaban J connectivity index is 0.000000461. The van der Waals surface area contributed by atoms with Gasteiger partial charge in [0.2, 0.25) is 0 Å². The third-order valence-corrected chi connectivity index (χ3v) is 1.51. The Bertz CT molecular complexity index is 158. The molecule has 0 aliphatic heterocycles. The van der Waals surface area contributed by atoms with Crippen LogP contribution in [-0.2, 0) is 0 Å². The molecule has 0 radical (unpaired) electrons. The summed E-state index contributed by atoms with van der Waals surface area (Å²) in [5.41, 5.74) is 0. The molecule has 1 atom stereocenters. The predicted molar refractivity (Wildman–Crippen MR) is 46.4 cm³/mol. The first kappa shape index (κ1) is 10.1. The average Bonchev–Trinajstić information content (AvgIpc) is 2.59. The van der Waals surface area contributed by atoms with Crippen molar-refractivity contribution in [1.82, 2.24) is 15.2 Å². The van der Waals surface area contributed by atoms with Crippen molar-refractivity contribution < 1.29 is 0 Å². The van der Waals surface area contributed by atoms with Crippen LogP contribution >= 0.6 is 0 Å². The number of hydrogen-bond donors (Lipinski definition) is 1. The lowest BCUT2D eigenvalue weighted by atomic mass is 10.1. The molecule has 0 amide bonds. The van der Waals surface area contributed by atoms with Crippen LogP contribution in [0, 0.1) is 0 Å². The Kier molecular flexibility index (Phi) is 5.43. The van der Waals surface area contributed by atoms with Crippen LogP contribution in [-0.4, -0.2) is 15.2 Å². The molecule has 64 valence electrons. The van der Waals surface area contributed by atoms with E-state index >= 15 is 0 Å². The highest BCUT2D eigenvalue weighted by molar-refractivity contribution is 4.88. The van der Waals surface area contributed by atoms with Crippen molar-refractivity contribution in [3.8, 4) is 0 Å². The van der Waals surface area contributed by atoms with E-state index in [0.717, 1.165) is 12.2 Å². The lowest BCUT2D eigenvalue weighted by molar-refractivity contribution is 0.682. The number of nitrogens with zero attached hydrogens (tertiary/aromatic N) is 2. The minimum absolute atomic E-state index is 0.507. The van der Waals surface area contributed by atoms with Gasteiger partial charge < -0.3 is 0 Å². The summed E-state index contributed by atoms with van der Waals surface area (Å²) in [5, 5.41) is 6.58. The van der Waals surface area contributed by atoms with E-state index < -0.39 is 0 Å². The lowest BCUT2D eigenvalue weighted by Gasteiger charge is -2.00. The highest BCUT2D eigenvalue weighted by Crippen LogP contribution is 2.11. The molecule has 3 heteroatoms. The summed E-state index contributed by atoms with van der Waals surface area (Å²) in [6.07, 6.45) is 2.65. The summed E-state index contributed by atoms with van der Waals surface area (Å²) in [6, 6.07) is 0. The van der Waals surface area contributed by atoms with Crippen LogP contribution < -0.4 is 0 Å². The second-order valence-corrected chi connectivity index (χ2v) is 2.18. The van der Waals surface area contributed by atoms with Crippen LogP contribution in [0.2, 0.25) is 0 Å². The van der Waals surface area contributed by atoms with Gasteiger partial charge in [0.15, 0.2) is 0 Å². The molecule has 11 heavy (non-hydrogen) atoms. The van der Waals surface area contributed by atoms with Crippen molar-refractivity contribution in [3.63, 3.8) is 0 Å². The lowest BCUT2D eigenvalue weighted by Crippen LogP contribution is -1.93. The molecular weight excluding hydrogens is 138 g/mol. The van der Waals surface area contributed by atoms with Crippen LogP contribution in [0.1, 0.15) is 45.9 Å². The normalized spacial score (nSPS) is 11.6. The fraction of sp³-hybridized carbons (Fsp3) is 0.750. The maximum Gasteiger partial charge on any atom is 0.137 e. The van der Waals surface area contributed by atoms with Crippen LogP contribution in [0.15, 0.2) is 6.33 Å². The standard InChI is InChI=1S/C6H11N3.C2H6/c1-3-5(2)6-7-4-8-9-6;1-2/h4-5H,3H2,1-2H3,(H,7,8,9);1-2H3. The first-order chi connectivity index (χ1) is 5.34. The minimum atomic E-state index is 0.507. The third kappa shape index (κ3) is 3.16. The molecule has 0 spiro atoms. The van der Waals surface area contributed by atoms with Crippen LogP contribution in [0.3, 0.4) is 0 Å². The van der Waals surface area contributed by atoms with E-state index in [1.807, 2.05) is 13.8 Å². The zero-order chi connectivity index (χ0) is 8.69. The predicted octanol–water partition coefficient (Wildman–Crippen LogP) is 2.34. The molecule has 0 aliphatic rings. The van der Waals surface area contributed by atoms with Gasteiger partial charge in [0.25, 0.3) is 0 Å². The van der Waals surface area contributed by atoms with Gasteiger partial charge in [-0.2, -0.15) is 5.10 Å². The number of H-pyrrole nitrogens is 1. The quantitative estimate of drug-likeness (QED) is 0.712. The smallest absolute Gasteiger partial charge is 0.137 e. The number of aromatic nitrogens is 3. The van der Waals surface area contributed by atoms with Crippen molar-refractivity contribution in [2.75, 3.05) is 0 Å². The van der Waals surface area contributed by atoms with Crippen molar-refractivity contribution in [3.05, 3.63) is 12.2 Å². The van der Waals surface area contributed by atoms with Crippen molar-refractivity contribution >= 4 is 0 Å². The van der Waals surface area contributed by atoms with E-state index in [1.165, 1.54) is 0 Å². The Hall–Kier alpha value is -0.860. The Morgan fingerprint density at radius 2 is 2.18 bits per heavy atom. The van der Waals surface area contributed by atoms with Gasteiger partial charge in [-0.05, 0) is 6.42 Å². The largest absolute Gasteiger partial charge is 0.263 e. The van der Waals surface area contributed by atoms with E-state index in [4.69, 9.17) is 0 Å². The number of nitrogens with one attached hydrogen (secondary N) is 1. The maximum absolute atomic E-state index is 4.02. The monoisotopic (exact) mass is 155 g/mol. The van der Waals surface area contributed by atoms with Crippen LogP contribution in [0.4, 0.5) is 0 Å². The second kappa shape index (κ2) is 5.89. The summed E-state index contributed by atoms with van der Waals surface area (Å²) in [5.74, 6) is 1.49. The van der Waals surface area contributed by atoms with Crippen LogP contribution in [0.5, 0.6) is 0 Å². The van der Waals surface area contributed by atoms with Gasteiger partial charge in [0.05, 0.1) is 0 Å². The number of rotatable bonds is 2. The molecule has 0 aliphatic carbocycles. The zero-order valence-corrected chi connectivity index (χ0v) is 7.76. The fourth-order valence-electron chi connectivity index (χ4n) is 0.646. The Morgan fingerprint density at radius 1 is 1.55 bits per heavy atom. The van der Waals surface area contributed by atoms with Crippen LogP contribution in [0.25, 0.3) is 0 Å². The molecule has 0 saturated carbocycles. The third-order valence-electron chi connectivity index (χ3n) is 1.51. The van der Waals surface area contributed by atoms with Gasteiger partial charge in [0, 0.05) is 5.92 Å². The highest BCUT2D eigenvalue weighted by atomic mass is 15.2. The summed E-state index contributed by atoms with van der Waals surface area (Å²) < 4.78 is 0. The minimum Gasteiger partial charge on any atom is -0.263 e. The van der Waals surface area contributed by atoms with Crippen molar-refractivity contribution in [2.24, 2.45) is 0 Å². The van der Waals surface area contributed by atoms with Gasteiger partial charge in [0.1, 0.15) is 12.2 Å². The SMILES string of the molecule is CC.CCC(C)c1ncn[nH]1. The van der Waals surface area contributed by atoms with Gasteiger partial charge >= 0.3 is 0 Å². The molecule has 1 N–H and O–H groups in total. The van der Waals surface area contributed by atoms with E-state index in [0.29, 0.717) is 5.92 Å². The average molecular weight is 155 g/mol. The van der Waals surface area contributed by atoms with Gasteiger partial charge in [-0.1, -0.05) is 27.7 Å². The summed E-state index contributed by atoms with van der Waals surface area (Å²) in [4.78, 5) is 4.02. The molecule has 0 bridgehead atoms. The molecule has 1 aromatic rings. The highest BCUT2D eigenvalue weighted by Gasteiger charge is 2.03.